The van der Waals surface area contributed by atoms with Crippen LogP contribution in [-0.4, -0.2) is 18.6 Å². The fourth-order valence-corrected chi connectivity index (χ4v) is 4.57. The number of sulfone groups is 1. The Kier molecular flexibility index (Phi) is 4.11. The first-order valence-electron chi connectivity index (χ1n) is 7.42. The van der Waals surface area contributed by atoms with Crippen LogP contribution in [0.1, 0.15) is 18.4 Å². The number of para-hydroxylation sites is 1. The van der Waals surface area contributed by atoms with Crippen molar-refractivity contribution in [2.45, 2.75) is 23.0 Å². The van der Waals surface area contributed by atoms with E-state index < -0.39 is 25.9 Å². The summed E-state index contributed by atoms with van der Waals surface area (Å²) in [6, 6.07) is 15.1. The highest BCUT2D eigenvalue weighted by Gasteiger charge is 2.42. The summed E-state index contributed by atoms with van der Waals surface area (Å²) in [5, 5.41) is 13.3. The summed E-state index contributed by atoms with van der Waals surface area (Å²) < 4.78 is 25.9. The van der Waals surface area contributed by atoms with E-state index in [1.54, 1.807) is 42.5 Å². The average Bonchev–Trinajstić information content (AvgIpc) is 2.60. The van der Waals surface area contributed by atoms with Gasteiger partial charge >= 0.3 is 0 Å². The fourth-order valence-electron chi connectivity index (χ4n) is 2.96. The minimum absolute atomic E-state index is 0.152. The van der Waals surface area contributed by atoms with Gasteiger partial charge in [-0.2, -0.15) is 0 Å². The van der Waals surface area contributed by atoms with Crippen LogP contribution >= 0.6 is 0 Å². The molecule has 6 nitrogen and oxygen atoms in total. The lowest BCUT2D eigenvalue weighted by Gasteiger charge is -2.27. The van der Waals surface area contributed by atoms with Crippen molar-refractivity contribution < 1.29 is 13.3 Å². The molecule has 0 fully saturated rings. The highest BCUT2D eigenvalue weighted by Crippen LogP contribution is 2.40. The van der Waals surface area contributed by atoms with Gasteiger partial charge in [-0.3, -0.25) is 10.1 Å². The van der Waals surface area contributed by atoms with Crippen LogP contribution in [0.3, 0.4) is 0 Å². The Balaban J connectivity index is 2.12. The maximum atomic E-state index is 12.9. The van der Waals surface area contributed by atoms with E-state index in [0.29, 0.717) is 11.3 Å². The van der Waals surface area contributed by atoms with Crippen LogP contribution in [0, 0.1) is 10.1 Å². The van der Waals surface area contributed by atoms with E-state index in [9.17, 15) is 18.5 Å². The number of rotatable bonds is 4. The fraction of sp³-hybridized carbons (Fsp3) is 0.176. The lowest BCUT2D eigenvalue weighted by Crippen LogP contribution is -2.31. The molecule has 0 radical (unpaired) electrons. The molecule has 1 aliphatic heterocycles. The normalized spacial score (nSPS) is 18.0. The molecule has 1 heterocycles. The smallest absolute Gasteiger partial charge is 0.270 e. The minimum Gasteiger partial charge on any atom is -0.356 e. The number of allylic oxidation sites excluding steroid dienone is 1. The van der Waals surface area contributed by atoms with Gasteiger partial charge in [0, 0.05) is 5.69 Å². The van der Waals surface area contributed by atoms with Crippen LogP contribution in [0.5, 0.6) is 0 Å². The van der Waals surface area contributed by atoms with Crippen LogP contribution in [0.15, 0.2) is 71.4 Å². The Bertz CT molecular complexity index is 907. The van der Waals surface area contributed by atoms with Crippen molar-refractivity contribution in [1.82, 2.24) is 0 Å². The highest BCUT2D eigenvalue weighted by atomic mass is 32.2. The van der Waals surface area contributed by atoms with E-state index >= 15 is 0 Å². The van der Waals surface area contributed by atoms with Crippen LogP contribution in [0.4, 0.5) is 5.69 Å². The standard InChI is InChI=1S/C17H16N2O4S/c1-12(24(22,23)13-7-3-2-4-8-13)17-14-9-5-6-10-15(14)18-11-16(17)19(20)21/h2-12,17-18H,1H3. The summed E-state index contributed by atoms with van der Waals surface area (Å²) in [5.41, 5.74) is 1.14. The van der Waals surface area contributed by atoms with Gasteiger partial charge in [0.15, 0.2) is 9.84 Å². The minimum atomic E-state index is -3.72. The highest BCUT2D eigenvalue weighted by molar-refractivity contribution is 7.92. The maximum absolute atomic E-state index is 12.9. The monoisotopic (exact) mass is 344 g/mol. The molecule has 2 unspecified atom stereocenters. The Morgan fingerprint density at radius 1 is 1.08 bits per heavy atom. The molecule has 0 amide bonds. The summed E-state index contributed by atoms with van der Waals surface area (Å²) in [6.45, 7) is 1.52. The number of fused-ring (bicyclic) bond motifs is 1. The Morgan fingerprint density at radius 3 is 2.38 bits per heavy atom. The topological polar surface area (TPSA) is 89.3 Å². The zero-order valence-corrected chi connectivity index (χ0v) is 13.7. The van der Waals surface area contributed by atoms with Crippen LogP contribution in [-0.2, 0) is 9.84 Å². The average molecular weight is 344 g/mol. The first-order chi connectivity index (χ1) is 11.4. The molecule has 7 heteroatoms. The molecule has 0 spiro atoms. The lowest BCUT2D eigenvalue weighted by molar-refractivity contribution is -0.430. The van der Waals surface area contributed by atoms with Gasteiger partial charge in [-0.1, -0.05) is 36.4 Å². The Morgan fingerprint density at radius 2 is 1.71 bits per heavy atom. The summed E-state index contributed by atoms with van der Waals surface area (Å²) in [4.78, 5) is 11.1. The first kappa shape index (κ1) is 16.2. The van der Waals surface area contributed by atoms with Crippen LogP contribution in [0.2, 0.25) is 0 Å². The van der Waals surface area contributed by atoms with E-state index in [1.807, 2.05) is 0 Å². The van der Waals surface area contributed by atoms with Gasteiger partial charge in [0.2, 0.25) is 0 Å². The quantitative estimate of drug-likeness (QED) is 0.680. The van der Waals surface area contributed by atoms with Gasteiger partial charge < -0.3 is 5.32 Å². The van der Waals surface area contributed by atoms with Gasteiger partial charge in [0.1, 0.15) is 0 Å². The van der Waals surface area contributed by atoms with Gasteiger partial charge in [0.05, 0.1) is 27.2 Å². The van der Waals surface area contributed by atoms with Gasteiger partial charge in [-0.05, 0) is 30.7 Å². The second kappa shape index (κ2) is 6.09. The maximum Gasteiger partial charge on any atom is 0.270 e. The lowest BCUT2D eigenvalue weighted by atomic mass is 9.89. The molecule has 0 saturated heterocycles. The molecule has 1 N–H and O–H groups in total. The van der Waals surface area contributed by atoms with Crippen LogP contribution < -0.4 is 5.32 Å². The number of benzene rings is 2. The first-order valence-corrected chi connectivity index (χ1v) is 8.96. The summed E-state index contributed by atoms with van der Waals surface area (Å²) in [6.07, 6.45) is 1.28. The summed E-state index contributed by atoms with van der Waals surface area (Å²) in [5.74, 6) is -0.845. The van der Waals surface area contributed by atoms with Gasteiger partial charge in [-0.25, -0.2) is 8.42 Å². The Hall–Kier alpha value is -2.67. The predicted octanol–water partition coefficient (Wildman–Crippen LogP) is 3.18. The zero-order valence-electron chi connectivity index (χ0n) is 12.9. The summed E-state index contributed by atoms with van der Waals surface area (Å²) in [7, 11) is -3.72. The number of nitrogens with zero attached hydrogens (tertiary/aromatic N) is 1. The summed E-state index contributed by atoms with van der Waals surface area (Å²) >= 11 is 0. The van der Waals surface area contributed by atoms with Crippen molar-refractivity contribution in [1.29, 1.82) is 0 Å². The van der Waals surface area contributed by atoms with Gasteiger partial charge in [-0.15, -0.1) is 0 Å². The number of anilines is 1. The largest absolute Gasteiger partial charge is 0.356 e. The SMILES string of the molecule is CC(C1C([N+](=O)[O-])=CNc2ccccc21)S(=O)(=O)c1ccccc1. The third kappa shape index (κ3) is 2.67. The second-order valence-electron chi connectivity index (χ2n) is 5.60. The van der Waals surface area contributed by atoms with Crippen molar-refractivity contribution in [2.24, 2.45) is 0 Å². The van der Waals surface area contributed by atoms with E-state index in [-0.39, 0.29) is 10.6 Å². The molecule has 0 saturated carbocycles. The second-order valence-corrected chi connectivity index (χ2v) is 7.90. The number of hydrogen-bond donors (Lipinski definition) is 1. The molecule has 2 aromatic carbocycles. The van der Waals surface area contributed by atoms with E-state index in [2.05, 4.69) is 5.32 Å². The predicted molar refractivity (Wildman–Crippen MR) is 91.0 cm³/mol. The molecule has 2 aromatic rings. The number of nitrogens with one attached hydrogen (secondary N) is 1. The van der Waals surface area contributed by atoms with Crippen molar-refractivity contribution in [2.75, 3.05) is 5.32 Å². The molecule has 0 aromatic heterocycles. The molecule has 124 valence electrons. The Labute approximate surface area is 139 Å². The van der Waals surface area contributed by atoms with Crippen LogP contribution in [0.25, 0.3) is 0 Å². The van der Waals surface area contributed by atoms with Gasteiger partial charge in [0.25, 0.3) is 5.70 Å². The molecule has 2 atom stereocenters. The van der Waals surface area contributed by atoms with E-state index in [0.717, 1.165) is 0 Å². The molecule has 24 heavy (non-hydrogen) atoms. The number of nitro groups is 1. The third-order valence-corrected chi connectivity index (χ3v) is 6.41. The molecule has 1 aliphatic rings. The van der Waals surface area contributed by atoms with Crippen molar-refractivity contribution in [3.63, 3.8) is 0 Å². The van der Waals surface area contributed by atoms with Crippen molar-refractivity contribution >= 4 is 15.5 Å². The molecular weight excluding hydrogens is 328 g/mol. The van der Waals surface area contributed by atoms with Crippen molar-refractivity contribution in [3.8, 4) is 0 Å². The molecule has 0 bridgehead atoms. The molecular formula is C17H16N2O4S. The number of hydrogen-bond acceptors (Lipinski definition) is 5. The zero-order chi connectivity index (χ0) is 17.3. The molecule has 0 aliphatic carbocycles. The van der Waals surface area contributed by atoms with E-state index in [1.165, 1.54) is 25.3 Å². The molecule has 3 rings (SSSR count). The third-order valence-electron chi connectivity index (χ3n) is 4.23. The van der Waals surface area contributed by atoms with E-state index in [4.69, 9.17) is 0 Å². The van der Waals surface area contributed by atoms with Crippen molar-refractivity contribution in [3.05, 3.63) is 82.2 Å².